The van der Waals surface area contributed by atoms with Gasteiger partial charge < -0.3 is 9.88 Å². The van der Waals surface area contributed by atoms with Crippen LogP contribution in [0.2, 0.25) is 0 Å². The topological polar surface area (TPSA) is 103 Å². The number of thiophene rings is 1. The highest BCUT2D eigenvalue weighted by Crippen LogP contribution is 2.36. The Kier molecular flexibility index (Phi) is 6.05. The largest absolute Gasteiger partial charge is 0.349 e. The maximum atomic E-state index is 14.9. The van der Waals surface area contributed by atoms with E-state index in [4.69, 9.17) is 4.98 Å². The maximum Gasteiger partial charge on any atom is 0.261 e. The van der Waals surface area contributed by atoms with Gasteiger partial charge in [-0.25, -0.2) is 29.0 Å². The van der Waals surface area contributed by atoms with Crippen LogP contribution in [-0.4, -0.2) is 46.2 Å². The molecule has 182 valence electrons. The van der Waals surface area contributed by atoms with E-state index in [2.05, 4.69) is 41.3 Å². The first-order valence-electron chi connectivity index (χ1n) is 11.5. The van der Waals surface area contributed by atoms with Gasteiger partial charge in [-0.3, -0.25) is 4.79 Å². The van der Waals surface area contributed by atoms with Gasteiger partial charge in [-0.05, 0) is 65.9 Å². The Hall–Kier alpha value is -3.51. The van der Waals surface area contributed by atoms with Crippen molar-refractivity contribution in [2.75, 3.05) is 0 Å². The van der Waals surface area contributed by atoms with Crippen molar-refractivity contribution >= 4 is 44.2 Å². The molecule has 12 heteroatoms. The highest BCUT2D eigenvalue weighted by atomic mass is 79.9. The van der Waals surface area contributed by atoms with E-state index < -0.39 is 5.82 Å². The zero-order valence-electron chi connectivity index (χ0n) is 18.9. The number of carbonyl (C=O) groups is 1. The molecule has 5 aromatic heterocycles. The lowest BCUT2D eigenvalue weighted by molar-refractivity contribution is 0.0925. The third kappa shape index (κ3) is 4.30. The Morgan fingerprint density at radius 1 is 1.22 bits per heavy atom. The lowest BCUT2D eigenvalue weighted by Gasteiger charge is -2.32. The zero-order chi connectivity index (χ0) is 24.6. The van der Waals surface area contributed by atoms with Crippen molar-refractivity contribution < 1.29 is 9.18 Å². The number of hydrogen-bond donors (Lipinski definition) is 1. The van der Waals surface area contributed by atoms with Crippen LogP contribution in [0.5, 0.6) is 0 Å². The van der Waals surface area contributed by atoms with Gasteiger partial charge in [-0.15, -0.1) is 11.3 Å². The lowest BCUT2D eigenvalue weighted by atomic mass is 9.90. The number of amides is 1. The highest BCUT2D eigenvalue weighted by Gasteiger charge is 2.30. The first-order valence-corrected chi connectivity index (χ1v) is 13.1. The Labute approximate surface area is 217 Å². The van der Waals surface area contributed by atoms with Crippen LogP contribution in [0.15, 0.2) is 59.2 Å². The minimum atomic E-state index is -0.442. The number of halogens is 2. The fraction of sp³-hybridized carbons (Fsp3) is 0.250. The number of pyridine rings is 2. The van der Waals surface area contributed by atoms with Gasteiger partial charge in [0.25, 0.3) is 5.91 Å². The first kappa shape index (κ1) is 22.9. The van der Waals surface area contributed by atoms with Crippen molar-refractivity contribution in [3.05, 3.63) is 69.9 Å². The van der Waals surface area contributed by atoms with E-state index in [1.807, 2.05) is 22.8 Å². The van der Waals surface area contributed by atoms with Crippen molar-refractivity contribution in [1.82, 2.24) is 39.6 Å². The van der Waals surface area contributed by atoms with Crippen LogP contribution in [0.25, 0.3) is 28.4 Å². The fourth-order valence-corrected chi connectivity index (χ4v) is 6.04. The van der Waals surface area contributed by atoms with Crippen molar-refractivity contribution in [2.45, 2.75) is 37.8 Å². The molecule has 6 rings (SSSR count). The molecule has 1 aliphatic rings. The van der Waals surface area contributed by atoms with Gasteiger partial charge in [0.2, 0.25) is 0 Å². The molecule has 2 atom stereocenters. The number of nitrogens with zero attached hydrogens (tertiary/aromatic N) is 7. The summed E-state index contributed by atoms with van der Waals surface area (Å²) in [5.74, 6) is 0.501. The summed E-state index contributed by atoms with van der Waals surface area (Å²) < 4.78 is 19.4. The number of carbonyl (C=O) groups excluding carboxylic acids is 1. The van der Waals surface area contributed by atoms with Gasteiger partial charge in [-0.1, -0.05) is 0 Å². The predicted octanol–water partition coefficient (Wildman–Crippen LogP) is 4.95. The monoisotopic (exact) mass is 566 g/mol. The molecule has 1 amide bonds. The molecule has 5 aromatic rings. The molecule has 0 saturated heterocycles. The van der Waals surface area contributed by atoms with Crippen LogP contribution in [0.3, 0.4) is 0 Å². The normalized spacial score (nSPS) is 17.9. The summed E-state index contributed by atoms with van der Waals surface area (Å²) >= 11 is 4.82. The predicted molar refractivity (Wildman–Crippen MR) is 136 cm³/mol. The number of nitrogens with one attached hydrogen (secondary N) is 1. The molecule has 0 aromatic carbocycles. The van der Waals surface area contributed by atoms with E-state index >= 15 is 0 Å². The molecule has 0 unspecified atom stereocenters. The van der Waals surface area contributed by atoms with Crippen LogP contribution in [0.4, 0.5) is 4.39 Å². The number of imidazole rings is 1. The van der Waals surface area contributed by atoms with Crippen molar-refractivity contribution in [2.24, 2.45) is 0 Å². The molecular formula is C24H20BrFN8OS. The summed E-state index contributed by atoms with van der Waals surface area (Å²) in [7, 11) is 0. The van der Waals surface area contributed by atoms with E-state index in [0.717, 1.165) is 28.6 Å². The van der Waals surface area contributed by atoms with Crippen LogP contribution < -0.4 is 5.32 Å². The third-order valence-corrected chi connectivity index (χ3v) is 7.95. The Balaban J connectivity index is 1.40. The van der Waals surface area contributed by atoms with Crippen LogP contribution in [-0.2, 0) is 0 Å². The van der Waals surface area contributed by atoms with Crippen LogP contribution in [0, 0.1) is 5.82 Å². The molecule has 1 saturated carbocycles. The summed E-state index contributed by atoms with van der Waals surface area (Å²) in [4.78, 5) is 31.0. The molecule has 1 N–H and O–H groups in total. The van der Waals surface area contributed by atoms with Gasteiger partial charge in [-0.2, -0.15) is 5.10 Å². The Bertz CT molecular complexity index is 1550. The second kappa shape index (κ2) is 9.51. The van der Waals surface area contributed by atoms with E-state index in [1.165, 1.54) is 23.7 Å². The third-order valence-electron chi connectivity index (χ3n) is 6.33. The van der Waals surface area contributed by atoms with Crippen molar-refractivity contribution in [1.29, 1.82) is 0 Å². The zero-order valence-corrected chi connectivity index (χ0v) is 21.3. The lowest BCUT2D eigenvalue weighted by Crippen LogP contribution is -2.38. The quantitative estimate of drug-likeness (QED) is 0.323. The average Bonchev–Trinajstić information content (AvgIpc) is 3.64. The number of fused-ring (bicyclic) bond motifs is 1. The maximum absolute atomic E-state index is 14.9. The smallest absolute Gasteiger partial charge is 0.261 e. The average molecular weight is 567 g/mol. The number of rotatable bonds is 5. The van der Waals surface area contributed by atoms with E-state index in [0.29, 0.717) is 28.5 Å². The minimum absolute atomic E-state index is 0.0207. The van der Waals surface area contributed by atoms with Gasteiger partial charge in [0.1, 0.15) is 23.9 Å². The summed E-state index contributed by atoms with van der Waals surface area (Å²) in [6.45, 7) is 0. The van der Waals surface area contributed by atoms with E-state index in [9.17, 15) is 9.18 Å². The first-order chi connectivity index (χ1) is 17.6. The molecule has 0 radical (unpaired) electrons. The molecule has 1 aliphatic carbocycles. The molecule has 5 heterocycles. The second-order valence-corrected chi connectivity index (χ2v) is 11.1. The number of hydrogen-bond acceptors (Lipinski definition) is 7. The molecule has 0 bridgehead atoms. The van der Waals surface area contributed by atoms with Crippen LogP contribution in [0.1, 0.15) is 41.4 Å². The minimum Gasteiger partial charge on any atom is -0.349 e. The second-order valence-electron chi connectivity index (χ2n) is 8.61. The van der Waals surface area contributed by atoms with Gasteiger partial charge >= 0.3 is 0 Å². The Morgan fingerprint density at radius 2 is 2.14 bits per heavy atom. The molecule has 9 nitrogen and oxygen atoms in total. The molecule has 0 spiro atoms. The van der Waals surface area contributed by atoms with Crippen LogP contribution >= 0.6 is 27.3 Å². The highest BCUT2D eigenvalue weighted by molar-refractivity contribution is 9.11. The number of aromatic nitrogens is 7. The van der Waals surface area contributed by atoms with Gasteiger partial charge in [0, 0.05) is 24.3 Å². The fourth-order valence-electron chi connectivity index (χ4n) is 4.75. The molecular weight excluding hydrogens is 547 g/mol. The summed E-state index contributed by atoms with van der Waals surface area (Å²) in [6.07, 6.45) is 9.57. The molecule has 36 heavy (non-hydrogen) atoms. The van der Waals surface area contributed by atoms with Gasteiger partial charge in [0.05, 0.1) is 20.4 Å². The van der Waals surface area contributed by atoms with Crippen molar-refractivity contribution in [3.63, 3.8) is 0 Å². The summed E-state index contributed by atoms with van der Waals surface area (Å²) in [6, 6.07) is 8.47. The van der Waals surface area contributed by atoms with E-state index in [-0.39, 0.29) is 23.7 Å². The van der Waals surface area contributed by atoms with Crippen molar-refractivity contribution in [3.8, 4) is 17.3 Å². The van der Waals surface area contributed by atoms with Gasteiger partial charge in [0.15, 0.2) is 17.5 Å². The summed E-state index contributed by atoms with van der Waals surface area (Å²) in [5.41, 5.74) is 1.62. The Morgan fingerprint density at radius 3 is 2.92 bits per heavy atom. The standard InChI is InChI=1S/C24H20BrFN8OS/c25-20-7-6-19(36-20)24(35)31-14-3-1-4-15(9-14)34-18-10-21(33-13-27-12-30-33)29-11-17(18)32-23(34)22-16(26)5-2-8-28-22/h2,5-8,10-15H,1,3-4,9H2,(H,31,35)/t14-,15+/m0/s1. The summed E-state index contributed by atoms with van der Waals surface area (Å²) in [5, 5.41) is 7.37. The SMILES string of the molecule is O=C(N[C@H]1CCC[C@@H](n2c(-c3ncccc3F)nc3cnc(-n4cncn4)cc32)C1)c1ccc(Br)s1. The van der Waals surface area contributed by atoms with E-state index in [1.54, 1.807) is 29.5 Å². The molecule has 0 aliphatic heterocycles. The molecule has 1 fully saturated rings.